The van der Waals surface area contributed by atoms with Gasteiger partial charge in [0.2, 0.25) is 5.88 Å². The second kappa shape index (κ2) is 5.46. The minimum atomic E-state index is 0.651. The van der Waals surface area contributed by atoms with E-state index in [9.17, 15) is 0 Å². The summed E-state index contributed by atoms with van der Waals surface area (Å²) in [5.41, 5.74) is 3.35. The van der Waals surface area contributed by atoms with Crippen molar-refractivity contribution in [2.24, 2.45) is 0 Å². The third-order valence-corrected chi connectivity index (χ3v) is 4.01. The lowest BCUT2D eigenvalue weighted by Gasteiger charge is -2.17. The fraction of sp³-hybridized carbons (Fsp3) is 0.278. The highest BCUT2D eigenvalue weighted by Crippen LogP contribution is 2.26. The predicted molar refractivity (Wildman–Crippen MR) is 84.8 cm³/mol. The molecule has 1 aromatic carbocycles. The highest BCUT2D eigenvalue weighted by molar-refractivity contribution is 5.80. The molecule has 22 heavy (non-hydrogen) atoms. The highest BCUT2D eigenvalue weighted by Gasteiger charge is 2.18. The molecular weight excluding hydrogens is 276 g/mol. The number of rotatable bonds is 2. The van der Waals surface area contributed by atoms with E-state index in [0.29, 0.717) is 6.61 Å². The lowest BCUT2D eigenvalue weighted by Crippen LogP contribution is -2.24. The predicted octanol–water partition coefficient (Wildman–Crippen LogP) is 3.53. The molecule has 0 radical (unpaired) electrons. The van der Waals surface area contributed by atoms with Gasteiger partial charge in [0.05, 0.1) is 18.3 Å². The van der Waals surface area contributed by atoms with Crippen molar-refractivity contribution < 1.29 is 9.15 Å². The first-order valence-electron chi connectivity index (χ1n) is 7.56. The van der Waals surface area contributed by atoms with Gasteiger partial charge in [0.1, 0.15) is 12.4 Å². The van der Waals surface area contributed by atoms with Crippen LogP contribution in [-0.4, -0.2) is 23.0 Å². The molecule has 0 atom stereocenters. The van der Waals surface area contributed by atoms with E-state index in [0.717, 1.165) is 47.7 Å². The largest absolute Gasteiger partial charge is 0.476 e. The number of nitrogens with zero attached hydrogens (tertiary/aromatic N) is 2. The Hall–Kier alpha value is -2.33. The molecule has 112 valence electrons. The Bertz CT molecular complexity index is 796. The highest BCUT2D eigenvalue weighted by atomic mass is 16.5. The van der Waals surface area contributed by atoms with Gasteiger partial charge < -0.3 is 9.15 Å². The number of hydrogen-bond donors (Lipinski definition) is 0. The van der Waals surface area contributed by atoms with Gasteiger partial charge >= 0.3 is 0 Å². The zero-order valence-corrected chi connectivity index (χ0v) is 12.6. The summed E-state index contributed by atoms with van der Waals surface area (Å²) in [5, 5.41) is 1.16. The topological polar surface area (TPSA) is 38.5 Å². The molecule has 0 spiro atoms. The summed E-state index contributed by atoms with van der Waals surface area (Å²) >= 11 is 0. The molecule has 2 aromatic heterocycles. The zero-order valence-electron chi connectivity index (χ0n) is 12.6. The van der Waals surface area contributed by atoms with Crippen LogP contribution in [-0.2, 0) is 13.1 Å². The van der Waals surface area contributed by atoms with E-state index >= 15 is 0 Å². The van der Waals surface area contributed by atoms with Crippen molar-refractivity contribution in [2.75, 3.05) is 13.2 Å². The number of benzene rings is 1. The first-order valence-corrected chi connectivity index (χ1v) is 7.56. The van der Waals surface area contributed by atoms with Crippen molar-refractivity contribution in [3.05, 3.63) is 59.5 Å². The normalized spacial score (nSPS) is 15.3. The maximum Gasteiger partial charge on any atom is 0.218 e. The molecule has 0 aliphatic carbocycles. The maximum absolute atomic E-state index is 5.86. The second-order valence-electron chi connectivity index (χ2n) is 5.79. The number of hydrogen-bond acceptors (Lipinski definition) is 4. The first-order chi connectivity index (χ1) is 10.8. The first kappa shape index (κ1) is 13.3. The number of aryl methyl sites for hydroxylation is 1. The second-order valence-corrected chi connectivity index (χ2v) is 5.79. The van der Waals surface area contributed by atoms with E-state index in [1.807, 2.05) is 12.1 Å². The van der Waals surface area contributed by atoms with Gasteiger partial charge in [-0.25, -0.2) is 4.98 Å². The van der Waals surface area contributed by atoms with Crippen LogP contribution in [0.25, 0.3) is 10.9 Å². The molecule has 0 amide bonds. The van der Waals surface area contributed by atoms with Crippen LogP contribution in [0.1, 0.15) is 16.9 Å². The van der Waals surface area contributed by atoms with E-state index < -0.39 is 0 Å². The van der Waals surface area contributed by atoms with Crippen LogP contribution in [0.15, 0.2) is 47.1 Å². The molecule has 1 aliphatic rings. The molecule has 0 saturated carbocycles. The van der Waals surface area contributed by atoms with Crippen molar-refractivity contribution in [1.29, 1.82) is 0 Å². The van der Waals surface area contributed by atoms with Gasteiger partial charge in [0.25, 0.3) is 0 Å². The Morgan fingerprint density at radius 2 is 2.18 bits per heavy atom. The molecule has 4 heteroatoms. The minimum Gasteiger partial charge on any atom is -0.476 e. The molecule has 0 fully saturated rings. The fourth-order valence-electron chi connectivity index (χ4n) is 2.89. The SMILES string of the molecule is Cc1ccc2cc3c(nc2c1)OCCN(Cc1ccco1)C3. The summed E-state index contributed by atoms with van der Waals surface area (Å²) in [6.45, 7) is 5.22. The van der Waals surface area contributed by atoms with E-state index in [2.05, 4.69) is 36.1 Å². The summed E-state index contributed by atoms with van der Waals surface area (Å²) in [6.07, 6.45) is 1.72. The van der Waals surface area contributed by atoms with Gasteiger partial charge in [-0.1, -0.05) is 12.1 Å². The average molecular weight is 294 g/mol. The molecule has 4 nitrogen and oxygen atoms in total. The Morgan fingerprint density at radius 1 is 1.23 bits per heavy atom. The molecule has 0 N–H and O–H groups in total. The average Bonchev–Trinajstić information content (AvgIpc) is 2.92. The number of fused-ring (bicyclic) bond motifs is 2. The van der Waals surface area contributed by atoms with Crippen LogP contribution in [0.3, 0.4) is 0 Å². The van der Waals surface area contributed by atoms with Crippen molar-refractivity contribution in [1.82, 2.24) is 9.88 Å². The number of aromatic nitrogens is 1. The standard InChI is InChI=1S/C18H18N2O2/c1-13-4-5-14-10-15-11-20(12-16-3-2-7-21-16)6-8-22-18(15)19-17(14)9-13/h2-5,7,9-10H,6,8,11-12H2,1H3. The Kier molecular flexibility index (Phi) is 3.31. The van der Waals surface area contributed by atoms with Crippen molar-refractivity contribution in [2.45, 2.75) is 20.0 Å². The van der Waals surface area contributed by atoms with Crippen molar-refractivity contribution >= 4 is 10.9 Å². The number of furan rings is 1. The van der Waals surface area contributed by atoms with Crippen LogP contribution in [0.5, 0.6) is 5.88 Å². The molecule has 3 heterocycles. The summed E-state index contributed by atoms with van der Waals surface area (Å²) in [7, 11) is 0. The van der Waals surface area contributed by atoms with Crippen LogP contribution in [0, 0.1) is 6.92 Å². The van der Waals surface area contributed by atoms with Gasteiger partial charge in [-0.05, 0) is 36.8 Å². The molecule has 0 saturated heterocycles. The van der Waals surface area contributed by atoms with Gasteiger partial charge in [0, 0.05) is 24.0 Å². The summed E-state index contributed by atoms with van der Waals surface area (Å²) in [5.74, 6) is 1.74. The van der Waals surface area contributed by atoms with Crippen LogP contribution in [0.2, 0.25) is 0 Å². The molecule has 4 rings (SSSR count). The fourth-order valence-corrected chi connectivity index (χ4v) is 2.89. The monoisotopic (exact) mass is 294 g/mol. The number of ether oxygens (including phenoxy) is 1. The molecular formula is C18H18N2O2. The quantitative estimate of drug-likeness (QED) is 0.724. The van der Waals surface area contributed by atoms with Crippen LogP contribution < -0.4 is 4.74 Å². The zero-order chi connectivity index (χ0) is 14.9. The lowest BCUT2D eigenvalue weighted by atomic mass is 10.1. The van der Waals surface area contributed by atoms with Gasteiger partial charge in [0.15, 0.2) is 0 Å². The third-order valence-electron chi connectivity index (χ3n) is 4.01. The van der Waals surface area contributed by atoms with Crippen LogP contribution in [0.4, 0.5) is 0 Å². The van der Waals surface area contributed by atoms with E-state index in [1.165, 1.54) is 5.56 Å². The minimum absolute atomic E-state index is 0.651. The molecule has 3 aromatic rings. The summed E-state index contributed by atoms with van der Waals surface area (Å²) < 4.78 is 11.3. The molecule has 1 aliphatic heterocycles. The Balaban J connectivity index is 1.66. The lowest BCUT2D eigenvalue weighted by molar-refractivity contribution is 0.205. The van der Waals surface area contributed by atoms with E-state index in [4.69, 9.17) is 14.1 Å². The van der Waals surface area contributed by atoms with E-state index in [1.54, 1.807) is 6.26 Å². The van der Waals surface area contributed by atoms with Crippen LogP contribution >= 0.6 is 0 Å². The molecule has 0 unspecified atom stereocenters. The Labute approximate surface area is 129 Å². The smallest absolute Gasteiger partial charge is 0.218 e. The summed E-state index contributed by atoms with van der Waals surface area (Å²) in [6, 6.07) is 12.5. The maximum atomic E-state index is 5.86. The van der Waals surface area contributed by atoms with Gasteiger partial charge in [-0.2, -0.15) is 0 Å². The summed E-state index contributed by atoms with van der Waals surface area (Å²) in [4.78, 5) is 7.02. The van der Waals surface area contributed by atoms with Crippen molar-refractivity contribution in [3.63, 3.8) is 0 Å². The van der Waals surface area contributed by atoms with E-state index in [-0.39, 0.29) is 0 Å². The third kappa shape index (κ3) is 2.57. The number of pyridine rings is 1. The van der Waals surface area contributed by atoms with Gasteiger partial charge in [-0.3, -0.25) is 4.90 Å². The van der Waals surface area contributed by atoms with Gasteiger partial charge in [-0.15, -0.1) is 0 Å². The Morgan fingerprint density at radius 3 is 3.05 bits per heavy atom. The van der Waals surface area contributed by atoms with Crippen molar-refractivity contribution in [3.8, 4) is 5.88 Å². The molecule has 0 bridgehead atoms.